The van der Waals surface area contributed by atoms with Crippen molar-refractivity contribution in [2.75, 3.05) is 17.2 Å². The van der Waals surface area contributed by atoms with Crippen molar-refractivity contribution >= 4 is 29.6 Å². The summed E-state index contributed by atoms with van der Waals surface area (Å²) < 4.78 is 33.9. The zero-order valence-corrected chi connectivity index (χ0v) is 19.9. The lowest BCUT2D eigenvalue weighted by Crippen LogP contribution is -2.58. The van der Waals surface area contributed by atoms with Crippen LogP contribution in [0.2, 0.25) is 0 Å². The third-order valence-corrected chi connectivity index (χ3v) is 5.27. The molecule has 0 atom stereocenters. The van der Waals surface area contributed by atoms with Crippen LogP contribution < -0.4 is 16.0 Å². The summed E-state index contributed by atoms with van der Waals surface area (Å²) in [5, 5.41) is 23.9. The molecule has 1 saturated carbocycles. The Labute approximate surface area is 199 Å². The lowest BCUT2D eigenvalue weighted by atomic mass is 9.65. The Morgan fingerprint density at radius 3 is 2.40 bits per heavy atom. The number of aromatic nitrogens is 4. The van der Waals surface area contributed by atoms with E-state index in [4.69, 9.17) is 9.84 Å². The summed E-state index contributed by atoms with van der Waals surface area (Å²) >= 11 is 0. The van der Waals surface area contributed by atoms with Gasteiger partial charge in [0, 0.05) is 26.4 Å². The van der Waals surface area contributed by atoms with E-state index in [0.717, 1.165) is 0 Å². The number of hydrogen-bond acceptors (Lipinski definition) is 7. The molecule has 12 nitrogen and oxygen atoms in total. The molecule has 2 aromatic heterocycles. The highest BCUT2D eigenvalue weighted by molar-refractivity contribution is 5.97. The zero-order valence-electron chi connectivity index (χ0n) is 19.9. The summed E-state index contributed by atoms with van der Waals surface area (Å²) in [6, 6.07) is 2.99. The molecule has 1 aliphatic carbocycles. The van der Waals surface area contributed by atoms with Crippen LogP contribution in [0.5, 0.6) is 0 Å². The Morgan fingerprint density at radius 2 is 1.86 bits per heavy atom. The van der Waals surface area contributed by atoms with Gasteiger partial charge in [-0.25, -0.2) is 28.0 Å². The van der Waals surface area contributed by atoms with Crippen LogP contribution in [0.15, 0.2) is 12.1 Å². The highest BCUT2D eigenvalue weighted by Crippen LogP contribution is 2.52. The average molecular weight is 495 g/mol. The minimum absolute atomic E-state index is 0.102. The van der Waals surface area contributed by atoms with Gasteiger partial charge in [-0.15, -0.1) is 5.10 Å². The minimum atomic E-state index is -3.02. The number of halogens is 2. The molecule has 2 heterocycles. The molecule has 1 fully saturated rings. The molecule has 1 aliphatic rings. The molecule has 0 bridgehead atoms. The van der Waals surface area contributed by atoms with E-state index in [1.165, 1.54) is 23.9 Å². The first-order valence-corrected chi connectivity index (χ1v) is 10.6. The first-order chi connectivity index (χ1) is 16.1. The van der Waals surface area contributed by atoms with Crippen molar-refractivity contribution in [1.29, 1.82) is 0 Å². The van der Waals surface area contributed by atoms with Gasteiger partial charge < -0.3 is 20.5 Å². The van der Waals surface area contributed by atoms with Gasteiger partial charge in [0.1, 0.15) is 5.60 Å². The van der Waals surface area contributed by atoms with Gasteiger partial charge in [0.05, 0.1) is 22.5 Å². The number of nitrogens with zero attached hydrogens (tertiary/aromatic N) is 4. The van der Waals surface area contributed by atoms with Gasteiger partial charge in [-0.05, 0) is 39.8 Å². The SMILES string of the molecule is Cc1nc(-c2nnn(C)c2NC(=O)O)ccc1NC(=O)C1(CNC(=O)OC(C)(C)C)CC(F)(F)C1. The number of carbonyl (C=O) groups excluding carboxylic acids is 2. The van der Waals surface area contributed by atoms with E-state index in [1.54, 1.807) is 27.7 Å². The van der Waals surface area contributed by atoms with Crippen molar-refractivity contribution in [3.63, 3.8) is 0 Å². The van der Waals surface area contributed by atoms with E-state index < -0.39 is 47.9 Å². The Balaban J connectivity index is 1.77. The van der Waals surface area contributed by atoms with Gasteiger partial charge in [0.2, 0.25) is 11.8 Å². The fourth-order valence-corrected chi connectivity index (χ4v) is 3.71. The Bertz CT molecular complexity index is 1150. The minimum Gasteiger partial charge on any atom is -0.465 e. The Kier molecular flexibility index (Phi) is 6.68. The highest BCUT2D eigenvalue weighted by Gasteiger charge is 2.61. The second kappa shape index (κ2) is 9.07. The number of rotatable bonds is 6. The third kappa shape index (κ3) is 6.00. The lowest BCUT2D eigenvalue weighted by molar-refractivity contribution is -0.173. The average Bonchev–Trinajstić information content (AvgIpc) is 3.04. The number of alkyl halides is 2. The quantitative estimate of drug-likeness (QED) is 0.475. The van der Waals surface area contributed by atoms with Gasteiger partial charge in [-0.2, -0.15) is 0 Å². The number of alkyl carbamates (subject to hydrolysis) is 1. The van der Waals surface area contributed by atoms with Crippen LogP contribution in [0, 0.1) is 12.3 Å². The maximum absolute atomic E-state index is 13.8. The Morgan fingerprint density at radius 1 is 1.20 bits per heavy atom. The van der Waals surface area contributed by atoms with Crippen LogP contribution in [0.25, 0.3) is 11.4 Å². The van der Waals surface area contributed by atoms with Crippen molar-refractivity contribution < 1.29 is 33.0 Å². The molecule has 3 amide bonds. The second-order valence-electron chi connectivity index (χ2n) is 9.47. The molecule has 14 heteroatoms. The number of carboxylic acid groups (broad SMARTS) is 1. The summed E-state index contributed by atoms with van der Waals surface area (Å²) in [7, 11) is 1.50. The van der Waals surface area contributed by atoms with Crippen LogP contribution in [0.1, 0.15) is 39.3 Å². The maximum Gasteiger partial charge on any atom is 0.410 e. The van der Waals surface area contributed by atoms with Crippen LogP contribution in [-0.2, 0) is 16.6 Å². The van der Waals surface area contributed by atoms with Gasteiger partial charge in [-0.1, -0.05) is 5.21 Å². The molecular formula is C21H27F2N7O5. The molecule has 0 aromatic carbocycles. The predicted octanol–water partition coefficient (Wildman–Crippen LogP) is 3.15. The summed E-state index contributed by atoms with van der Waals surface area (Å²) in [5.74, 6) is -3.61. The molecule has 0 aliphatic heterocycles. The summed E-state index contributed by atoms with van der Waals surface area (Å²) in [6.07, 6.45) is -3.57. The number of hydrogen-bond donors (Lipinski definition) is 4. The molecule has 3 rings (SSSR count). The molecule has 0 unspecified atom stereocenters. The van der Waals surface area contributed by atoms with Crippen molar-refractivity contribution in [2.45, 2.75) is 52.1 Å². The summed E-state index contributed by atoms with van der Waals surface area (Å²) in [4.78, 5) is 40.4. The van der Waals surface area contributed by atoms with Gasteiger partial charge in [0.25, 0.3) is 0 Å². The van der Waals surface area contributed by atoms with Crippen molar-refractivity contribution in [3.8, 4) is 11.4 Å². The lowest BCUT2D eigenvalue weighted by Gasteiger charge is -2.45. The largest absolute Gasteiger partial charge is 0.465 e. The van der Waals surface area contributed by atoms with E-state index in [9.17, 15) is 23.2 Å². The fraction of sp³-hybridized carbons (Fsp3) is 0.524. The third-order valence-electron chi connectivity index (χ3n) is 5.27. The number of anilines is 2. The van der Waals surface area contributed by atoms with E-state index in [2.05, 4.69) is 31.2 Å². The predicted molar refractivity (Wildman–Crippen MR) is 120 cm³/mol. The van der Waals surface area contributed by atoms with E-state index >= 15 is 0 Å². The molecule has 2 aromatic rings. The molecule has 0 saturated heterocycles. The van der Waals surface area contributed by atoms with Crippen LogP contribution >= 0.6 is 0 Å². The standard InChI is InChI=1S/C21H27F2N7O5/c1-11-12(6-7-13(25-11)14-15(27-17(32)33)30(5)29-28-14)26-16(31)20(8-21(22,23)9-20)10-24-18(34)35-19(2,3)4/h6-7,27H,8-10H2,1-5H3,(H,24,34)(H,26,31)(H,32,33). The molecular weight excluding hydrogens is 468 g/mol. The Hall–Kier alpha value is -3.84. The molecule has 4 N–H and O–H groups in total. The van der Waals surface area contributed by atoms with Crippen LogP contribution in [0.4, 0.5) is 29.9 Å². The summed E-state index contributed by atoms with van der Waals surface area (Å²) in [6.45, 7) is 6.24. The number of nitrogens with one attached hydrogen (secondary N) is 3. The monoisotopic (exact) mass is 495 g/mol. The normalized spacial score (nSPS) is 16.1. The fourth-order valence-electron chi connectivity index (χ4n) is 3.71. The maximum atomic E-state index is 13.8. The zero-order chi connectivity index (χ0) is 26.2. The number of aryl methyl sites for hydroxylation is 2. The van der Waals surface area contributed by atoms with Gasteiger partial charge in [-0.3, -0.25) is 10.1 Å². The first-order valence-electron chi connectivity index (χ1n) is 10.6. The smallest absolute Gasteiger partial charge is 0.410 e. The van der Waals surface area contributed by atoms with Gasteiger partial charge in [0.15, 0.2) is 11.5 Å². The van der Waals surface area contributed by atoms with E-state index in [0.29, 0.717) is 5.69 Å². The van der Waals surface area contributed by atoms with Crippen molar-refractivity contribution in [2.24, 2.45) is 12.5 Å². The van der Waals surface area contributed by atoms with E-state index in [1.807, 2.05) is 0 Å². The summed E-state index contributed by atoms with van der Waals surface area (Å²) in [5.41, 5.74) is -1.24. The van der Waals surface area contributed by atoms with Crippen molar-refractivity contribution in [3.05, 3.63) is 17.8 Å². The second-order valence-corrected chi connectivity index (χ2v) is 9.47. The first kappa shape index (κ1) is 25.8. The molecule has 0 spiro atoms. The number of amides is 3. The number of ether oxygens (including phenoxy) is 1. The number of carbonyl (C=O) groups is 3. The molecule has 190 valence electrons. The van der Waals surface area contributed by atoms with Crippen molar-refractivity contribution in [1.82, 2.24) is 25.3 Å². The molecule has 35 heavy (non-hydrogen) atoms. The van der Waals surface area contributed by atoms with Crippen LogP contribution in [0.3, 0.4) is 0 Å². The van der Waals surface area contributed by atoms with Gasteiger partial charge >= 0.3 is 12.2 Å². The topological polar surface area (TPSA) is 160 Å². The highest BCUT2D eigenvalue weighted by atomic mass is 19.3. The number of pyridine rings is 1. The van der Waals surface area contributed by atoms with E-state index in [-0.39, 0.29) is 29.4 Å². The van der Waals surface area contributed by atoms with Crippen LogP contribution in [-0.4, -0.2) is 61.2 Å². The molecule has 0 radical (unpaired) electrons.